The second-order valence-corrected chi connectivity index (χ2v) is 3.13. The van der Waals surface area contributed by atoms with Gasteiger partial charge in [0.2, 0.25) is 0 Å². The van der Waals surface area contributed by atoms with Crippen LogP contribution in [-0.4, -0.2) is 9.91 Å². The zero-order valence-corrected chi connectivity index (χ0v) is 7.61. The summed E-state index contributed by atoms with van der Waals surface area (Å²) in [5.41, 5.74) is 0. The number of hydrogen-bond donors (Lipinski definition) is 1. The normalized spacial score (nSPS) is 9.55. The summed E-state index contributed by atoms with van der Waals surface area (Å²) >= 11 is 7.81. The predicted molar refractivity (Wildman–Crippen MR) is 46.0 cm³/mol. The maximum absolute atomic E-state index is 10.2. The standard InChI is InChI=1S/C5H3BrN2O2S/c6-4-1-3(11)2-5(7-4)8(9)10/h1-2H,(H,7,11). The molecule has 0 fully saturated rings. The number of nitrogens with zero attached hydrogens (tertiary/aromatic N) is 1. The van der Waals surface area contributed by atoms with Gasteiger partial charge in [-0.2, -0.15) is 0 Å². The van der Waals surface area contributed by atoms with Crippen LogP contribution in [0.5, 0.6) is 0 Å². The van der Waals surface area contributed by atoms with Crippen LogP contribution in [0, 0.1) is 14.6 Å². The Morgan fingerprint density at radius 1 is 1.64 bits per heavy atom. The highest BCUT2D eigenvalue weighted by Crippen LogP contribution is 2.13. The Balaban J connectivity index is 3.30. The van der Waals surface area contributed by atoms with Crippen LogP contribution in [0.1, 0.15) is 0 Å². The fraction of sp³-hybridized carbons (Fsp3) is 0. The SMILES string of the molecule is O=[N+]([O-])c1cc(=S)cc(Br)[nH]1. The molecular formula is C5H3BrN2O2S. The summed E-state index contributed by atoms with van der Waals surface area (Å²) in [7, 11) is 0. The molecule has 1 rings (SSSR count). The Morgan fingerprint density at radius 2 is 2.27 bits per heavy atom. The molecule has 0 spiro atoms. The van der Waals surface area contributed by atoms with Crippen molar-refractivity contribution >= 4 is 34.0 Å². The third-order valence-electron chi connectivity index (χ3n) is 0.992. The first-order valence-corrected chi connectivity index (χ1v) is 3.84. The lowest BCUT2D eigenvalue weighted by Crippen LogP contribution is -1.91. The van der Waals surface area contributed by atoms with Gasteiger partial charge in [-0.3, -0.25) is 0 Å². The number of halogens is 1. The summed E-state index contributed by atoms with van der Waals surface area (Å²) < 4.78 is 0.944. The van der Waals surface area contributed by atoms with Gasteiger partial charge in [0.1, 0.15) is 0 Å². The lowest BCUT2D eigenvalue weighted by molar-refractivity contribution is -0.389. The molecule has 0 bridgehead atoms. The van der Waals surface area contributed by atoms with Gasteiger partial charge >= 0.3 is 5.82 Å². The molecule has 11 heavy (non-hydrogen) atoms. The molecule has 0 aromatic carbocycles. The van der Waals surface area contributed by atoms with Crippen molar-refractivity contribution in [2.75, 3.05) is 0 Å². The Morgan fingerprint density at radius 3 is 2.73 bits per heavy atom. The van der Waals surface area contributed by atoms with E-state index in [4.69, 9.17) is 12.2 Å². The molecule has 0 radical (unpaired) electrons. The fourth-order valence-corrected chi connectivity index (χ4v) is 1.42. The fourth-order valence-electron chi connectivity index (χ4n) is 0.594. The zero-order chi connectivity index (χ0) is 8.43. The lowest BCUT2D eigenvalue weighted by atomic mass is 10.5. The van der Waals surface area contributed by atoms with Gasteiger partial charge in [0.25, 0.3) is 0 Å². The number of nitrogens with one attached hydrogen (secondary N) is 1. The van der Waals surface area contributed by atoms with E-state index >= 15 is 0 Å². The van der Waals surface area contributed by atoms with Crippen molar-refractivity contribution in [1.29, 1.82) is 0 Å². The van der Waals surface area contributed by atoms with Crippen molar-refractivity contribution in [2.45, 2.75) is 0 Å². The van der Waals surface area contributed by atoms with Gasteiger partial charge in [-0.25, -0.2) is 4.98 Å². The third kappa shape index (κ3) is 2.09. The van der Waals surface area contributed by atoms with Crippen LogP contribution in [0.25, 0.3) is 0 Å². The maximum Gasteiger partial charge on any atom is 0.323 e. The third-order valence-corrected chi connectivity index (χ3v) is 1.66. The minimum absolute atomic E-state index is 0.107. The van der Waals surface area contributed by atoms with Crippen molar-refractivity contribution in [3.05, 3.63) is 31.4 Å². The van der Waals surface area contributed by atoms with Gasteiger partial charge < -0.3 is 10.1 Å². The Labute approximate surface area is 75.5 Å². The van der Waals surface area contributed by atoms with E-state index in [2.05, 4.69) is 20.9 Å². The first-order chi connectivity index (χ1) is 5.09. The summed E-state index contributed by atoms with van der Waals surface area (Å²) in [5, 5.41) is 10.2. The van der Waals surface area contributed by atoms with E-state index in [9.17, 15) is 10.1 Å². The molecule has 0 unspecified atom stereocenters. The maximum atomic E-state index is 10.2. The van der Waals surface area contributed by atoms with E-state index in [0.29, 0.717) is 9.11 Å². The van der Waals surface area contributed by atoms with Crippen molar-refractivity contribution in [2.24, 2.45) is 0 Å². The molecule has 0 atom stereocenters. The summed E-state index contributed by atoms with van der Waals surface area (Å²) in [4.78, 5) is 12.2. The molecule has 0 saturated heterocycles. The highest BCUT2D eigenvalue weighted by molar-refractivity contribution is 9.10. The van der Waals surface area contributed by atoms with Crippen LogP contribution < -0.4 is 0 Å². The average molecular weight is 235 g/mol. The molecule has 1 aromatic rings. The highest BCUT2D eigenvalue weighted by Gasteiger charge is 2.03. The Bertz CT molecular complexity index is 349. The van der Waals surface area contributed by atoms with E-state index in [-0.39, 0.29) is 5.82 Å². The van der Waals surface area contributed by atoms with Crippen LogP contribution in [0.3, 0.4) is 0 Å². The molecule has 0 aliphatic heterocycles. The topological polar surface area (TPSA) is 58.9 Å². The quantitative estimate of drug-likeness (QED) is 0.352. The van der Waals surface area contributed by atoms with Gasteiger partial charge in [0.15, 0.2) is 4.60 Å². The number of aromatic nitrogens is 1. The van der Waals surface area contributed by atoms with Crippen molar-refractivity contribution in [1.82, 2.24) is 4.98 Å². The van der Waals surface area contributed by atoms with Crippen molar-refractivity contribution in [3.63, 3.8) is 0 Å². The molecule has 0 aliphatic rings. The van der Waals surface area contributed by atoms with E-state index in [1.165, 1.54) is 6.07 Å². The van der Waals surface area contributed by atoms with Gasteiger partial charge in [0.05, 0.1) is 4.51 Å². The molecule has 1 heterocycles. The summed E-state index contributed by atoms with van der Waals surface area (Å²) in [6.45, 7) is 0. The van der Waals surface area contributed by atoms with E-state index in [1.54, 1.807) is 6.07 Å². The molecule has 0 saturated carbocycles. The van der Waals surface area contributed by atoms with Crippen LogP contribution in [0.15, 0.2) is 16.7 Å². The molecule has 4 nitrogen and oxygen atoms in total. The highest BCUT2D eigenvalue weighted by atomic mass is 79.9. The second-order valence-electron chi connectivity index (χ2n) is 1.81. The Hall–Kier alpha value is -0.750. The van der Waals surface area contributed by atoms with Gasteiger partial charge in [0, 0.05) is 12.1 Å². The summed E-state index contributed by atoms with van der Waals surface area (Å²) in [5.74, 6) is -0.107. The van der Waals surface area contributed by atoms with Gasteiger partial charge in [-0.1, -0.05) is 12.2 Å². The predicted octanol–water partition coefficient (Wildman–Crippen LogP) is 2.41. The molecule has 0 aliphatic carbocycles. The lowest BCUT2D eigenvalue weighted by Gasteiger charge is -1.93. The smallest absolute Gasteiger partial charge is 0.323 e. The number of nitro groups is 1. The average Bonchev–Trinajstić information content (AvgIpc) is 1.85. The monoisotopic (exact) mass is 234 g/mol. The number of hydrogen-bond acceptors (Lipinski definition) is 3. The van der Waals surface area contributed by atoms with Crippen LogP contribution in [0.4, 0.5) is 5.82 Å². The zero-order valence-electron chi connectivity index (χ0n) is 5.20. The summed E-state index contributed by atoms with van der Waals surface area (Å²) in [6.07, 6.45) is 0. The minimum atomic E-state index is -0.527. The van der Waals surface area contributed by atoms with E-state index < -0.39 is 4.92 Å². The van der Waals surface area contributed by atoms with Gasteiger partial charge in [-0.15, -0.1) is 0 Å². The Kier molecular flexibility index (Phi) is 2.35. The number of pyridine rings is 1. The first-order valence-electron chi connectivity index (χ1n) is 2.64. The molecule has 58 valence electrons. The number of aromatic amines is 1. The molecular weight excluding hydrogens is 232 g/mol. The minimum Gasteiger partial charge on any atom is -0.358 e. The van der Waals surface area contributed by atoms with Gasteiger partial charge in [-0.05, 0) is 20.9 Å². The molecule has 6 heteroatoms. The van der Waals surface area contributed by atoms with Crippen molar-refractivity contribution < 1.29 is 4.92 Å². The van der Waals surface area contributed by atoms with Crippen LogP contribution in [0.2, 0.25) is 0 Å². The van der Waals surface area contributed by atoms with E-state index in [1.807, 2.05) is 0 Å². The molecule has 1 N–H and O–H groups in total. The molecule has 1 aromatic heterocycles. The van der Waals surface area contributed by atoms with Crippen molar-refractivity contribution in [3.8, 4) is 0 Å². The van der Waals surface area contributed by atoms with Crippen LogP contribution >= 0.6 is 28.1 Å². The largest absolute Gasteiger partial charge is 0.358 e. The second kappa shape index (κ2) is 3.10. The summed E-state index contributed by atoms with van der Waals surface area (Å²) in [6, 6.07) is 2.88. The number of H-pyrrole nitrogens is 1. The van der Waals surface area contributed by atoms with Crippen LogP contribution in [-0.2, 0) is 0 Å². The van der Waals surface area contributed by atoms with E-state index in [0.717, 1.165) is 0 Å². The number of rotatable bonds is 1. The first kappa shape index (κ1) is 8.35. The molecule has 0 amide bonds.